The van der Waals surface area contributed by atoms with Crippen molar-refractivity contribution in [1.82, 2.24) is 5.32 Å². The van der Waals surface area contributed by atoms with Crippen molar-refractivity contribution in [3.05, 3.63) is 0 Å². The van der Waals surface area contributed by atoms with Gasteiger partial charge in [0.1, 0.15) is 0 Å². The normalized spacial score (nSPS) is 20.9. The second-order valence-corrected chi connectivity index (χ2v) is 5.22. The number of rotatable bonds is 5. The Balaban J connectivity index is 2.27. The minimum absolute atomic E-state index is 0.0168. The van der Waals surface area contributed by atoms with Gasteiger partial charge in [0.25, 0.3) is 0 Å². The fourth-order valence-electron chi connectivity index (χ4n) is 2.00. The Morgan fingerprint density at radius 2 is 2.00 bits per heavy atom. The first-order chi connectivity index (χ1) is 7.00. The summed E-state index contributed by atoms with van der Waals surface area (Å²) in [4.78, 5) is 11.7. The molecule has 0 aromatic carbocycles. The van der Waals surface area contributed by atoms with Gasteiger partial charge in [-0.3, -0.25) is 4.79 Å². The van der Waals surface area contributed by atoms with Gasteiger partial charge in [0.05, 0.1) is 6.04 Å². The quantitative estimate of drug-likeness (QED) is 0.728. The Labute approximate surface area is 92.8 Å². The summed E-state index contributed by atoms with van der Waals surface area (Å²) in [6.45, 7) is 6.26. The molecule has 1 fully saturated rings. The summed E-state index contributed by atoms with van der Waals surface area (Å²) >= 11 is 0. The van der Waals surface area contributed by atoms with E-state index < -0.39 is 0 Å². The SMILES string of the molecule is CC(C)C[C@H](N)C(=O)NC(C)C1CCC1. The highest BCUT2D eigenvalue weighted by atomic mass is 16.2. The number of nitrogens with one attached hydrogen (secondary N) is 1. The average molecular weight is 212 g/mol. The molecule has 1 rings (SSSR count). The van der Waals surface area contributed by atoms with E-state index in [9.17, 15) is 4.79 Å². The molecule has 0 spiro atoms. The number of carbonyl (C=O) groups excluding carboxylic acids is 1. The van der Waals surface area contributed by atoms with Crippen LogP contribution in [0.15, 0.2) is 0 Å². The molecule has 0 heterocycles. The highest BCUT2D eigenvalue weighted by Gasteiger charge is 2.26. The van der Waals surface area contributed by atoms with Crippen LogP contribution >= 0.6 is 0 Å². The number of hydrogen-bond donors (Lipinski definition) is 2. The van der Waals surface area contributed by atoms with Crippen molar-refractivity contribution >= 4 is 5.91 Å². The molecule has 2 atom stereocenters. The van der Waals surface area contributed by atoms with Gasteiger partial charge in [-0.25, -0.2) is 0 Å². The second-order valence-electron chi connectivity index (χ2n) is 5.22. The maximum Gasteiger partial charge on any atom is 0.237 e. The zero-order valence-corrected chi connectivity index (χ0v) is 10.1. The molecule has 1 saturated carbocycles. The van der Waals surface area contributed by atoms with E-state index in [1.807, 2.05) is 0 Å². The van der Waals surface area contributed by atoms with E-state index in [1.165, 1.54) is 19.3 Å². The Hall–Kier alpha value is -0.570. The third-order valence-electron chi connectivity index (χ3n) is 3.29. The molecule has 0 bridgehead atoms. The molecule has 15 heavy (non-hydrogen) atoms. The van der Waals surface area contributed by atoms with Gasteiger partial charge in [-0.1, -0.05) is 20.3 Å². The molecule has 0 aliphatic heterocycles. The zero-order valence-electron chi connectivity index (χ0n) is 10.1. The van der Waals surface area contributed by atoms with E-state index in [4.69, 9.17) is 5.73 Å². The number of carbonyl (C=O) groups is 1. The van der Waals surface area contributed by atoms with Crippen LogP contribution in [0, 0.1) is 11.8 Å². The van der Waals surface area contributed by atoms with Crippen molar-refractivity contribution in [3.63, 3.8) is 0 Å². The number of amides is 1. The van der Waals surface area contributed by atoms with Gasteiger partial charge in [0, 0.05) is 6.04 Å². The van der Waals surface area contributed by atoms with Crippen LogP contribution in [0.5, 0.6) is 0 Å². The first-order valence-corrected chi connectivity index (χ1v) is 6.06. The van der Waals surface area contributed by atoms with Crippen LogP contribution in [0.4, 0.5) is 0 Å². The lowest BCUT2D eigenvalue weighted by Crippen LogP contribution is -2.48. The lowest BCUT2D eigenvalue weighted by atomic mass is 9.80. The second kappa shape index (κ2) is 5.50. The van der Waals surface area contributed by atoms with E-state index in [1.54, 1.807) is 0 Å². The Bertz CT molecular complexity index is 212. The summed E-state index contributed by atoms with van der Waals surface area (Å²) in [6.07, 6.45) is 4.58. The van der Waals surface area contributed by atoms with Gasteiger partial charge in [-0.05, 0) is 38.0 Å². The summed E-state index contributed by atoms with van der Waals surface area (Å²) in [5, 5.41) is 3.02. The molecule has 3 N–H and O–H groups in total. The van der Waals surface area contributed by atoms with E-state index in [0.29, 0.717) is 17.9 Å². The van der Waals surface area contributed by atoms with Crippen LogP contribution in [0.25, 0.3) is 0 Å². The summed E-state index contributed by atoms with van der Waals surface area (Å²) < 4.78 is 0. The van der Waals surface area contributed by atoms with Crippen LogP contribution in [0.3, 0.4) is 0 Å². The molecule has 1 aliphatic rings. The van der Waals surface area contributed by atoms with Crippen LogP contribution in [0.2, 0.25) is 0 Å². The number of hydrogen-bond acceptors (Lipinski definition) is 2. The molecular formula is C12H24N2O. The molecule has 88 valence electrons. The zero-order chi connectivity index (χ0) is 11.4. The van der Waals surface area contributed by atoms with Crippen molar-refractivity contribution in [2.24, 2.45) is 17.6 Å². The highest BCUT2D eigenvalue weighted by molar-refractivity contribution is 5.81. The van der Waals surface area contributed by atoms with E-state index >= 15 is 0 Å². The molecule has 3 nitrogen and oxygen atoms in total. The molecule has 0 radical (unpaired) electrons. The third kappa shape index (κ3) is 3.82. The fourth-order valence-corrected chi connectivity index (χ4v) is 2.00. The molecule has 1 unspecified atom stereocenters. The first kappa shape index (κ1) is 12.5. The van der Waals surface area contributed by atoms with E-state index in [2.05, 4.69) is 26.1 Å². The minimum atomic E-state index is -0.340. The molecule has 1 amide bonds. The minimum Gasteiger partial charge on any atom is -0.352 e. The molecule has 1 aliphatic carbocycles. The van der Waals surface area contributed by atoms with Crippen molar-refractivity contribution in [3.8, 4) is 0 Å². The van der Waals surface area contributed by atoms with E-state index in [0.717, 1.165) is 6.42 Å². The van der Waals surface area contributed by atoms with Gasteiger partial charge < -0.3 is 11.1 Å². The summed E-state index contributed by atoms with van der Waals surface area (Å²) in [5.74, 6) is 1.17. The van der Waals surface area contributed by atoms with Gasteiger partial charge in [0.15, 0.2) is 0 Å². The predicted octanol–water partition coefficient (Wildman–Crippen LogP) is 1.66. The first-order valence-electron chi connectivity index (χ1n) is 6.06. The topological polar surface area (TPSA) is 55.1 Å². The molecule has 0 aromatic rings. The average Bonchev–Trinajstić information content (AvgIpc) is 1.98. The van der Waals surface area contributed by atoms with Crippen LogP contribution < -0.4 is 11.1 Å². The maximum atomic E-state index is 11.7. The maximum absolute atomic E-state index is 11.7. The Morgan fingerprint density at radius 3 is 2.40 bits per heavy atom. The highest BCUT2D eigenvalue weighted by Crippen LogP contribution is 2.29. The largest absolute Gasteiger partial charge is 0.352 e. The molecular weight excluding hydrogens is 188 g/mol. The predicted molar refractivity (Wildman–Crippen MR) is 62.4 cm³/mol. The smallest absolute Gasteiger partial charge is 0.237 e. The van der Waals surface area contributed by atoms with Gasteiger partial charge in [0.2, 0.25) is 5.91 Å². The summed E-state index contributed by atoms with van der Waals surface area (Å²) in [6, 6.07) is -0.0445. The van der Waals surface area contributed by atoms with Crippen molar-refractivity contribution < 1.29 is 4.79 Å². The Kier molecular flexibility index (Phi) is 4.58. The fraction of sp³-hybridized carbons (Fsp3) is 0.917. The van der Waals surface area contributed by atoms with Gasteiger partial charge >= 0.3 is 0 Å². The monoisotopic (exact) mass is 212 g/mol. The van der Waals surface area contributed by atoms with Gasteiger partial charge in [-0.15, -0.1) is 0 Å². The third-order valence-corrected chi connectivity index (χ3v) is 3.29. The standard InChI is InChI=1S/C12H24N2O/c1-8(2)7-11(13)12(15)14-9(3)10-5-4-6-10/h8-11H,4-7,13H2,1-3H3,(H,14,15)/t9?,11-/m0/s1. The van der Waals surface area contributed by atoms with Gasteiger partial charge in [-0.2, -0.15) is 0 Å². The summed E-state index contributed by atoms with van der Waals surface area (Å²) in [7, 11) is 0. The lowest BCUT2D eigenvalue weighted by molar-refractivity contribution is -0.123. The Morgan fingerprint density at radius 1 is 1.40 bits per heavy atom. The van der Waals surface area contributed by atoms with Crippen molar-refractivity contribution in [2.75, 3.05) is 0 Å². The summed E-state index contributed by atoms with van der Waals surface area (Å²) in [5.41, 5.74) is 5.81. The molecule has 0 saturated heterocycles. The number of nitrogens with two attached hydrogens (primary N) is 1. The van der Waals surface area contributed by atoms with Crippen molar-refractivity contribution in [2.45, 2.75) is 58.5 Å². The van der Waals surface area contributed by atoms with Crippen molar-refractivity contribution in [1.29, 1.82) is 0 Å². The van der Waals surface area contributed by atoms with Crippen LogP contribution in [0.1, 0.15) is 46.5 Å². The lowest BCUT2D eigenvalue weighted by Gasteiger charge is -2.32. The van der Waals surface area contributed by atoms with E-state index in [-0.39, 0.29) is 11.9 Å². The van der Waals surface area contributed by atoms with Crippen LogP contribution in [-0.2, 0) is 4.79 Å². The molecule has 0 aromatic heterocycles. The molecule has 3 heteroatoms. The van der Waals surface area contributed by atoms with Crippen LogP contribution in [-0.4, -0.2) is 18.0 Å².